The molecule has 4 heterocycles. The third-order valence-electron chi connectivity index (χ3n) is 13.6. The molecular weight excluding hydrogens is 3340 g/mol. The van der Waals surface area contributed by atoms with E-state index in [1.807, 2.05) is 55.4 Å². The van der Waals surface area contributed by atoms with Crippen LogP contribution in [0.1, 0.15) is 175 Å². The van der Waals surface area contributed by atoms with E-state index >= 15 is 0 Å². The van der Waals surface area contributed by atoms with Crippen LogP contribution < -0.4 is 5.32 Å². The van der Waals surface area contributed by atoms with Gasteiger partial charge >= 0.3 is 0 Å². The van der Waals surface area contributed by atoms with E-state index in [1.165, 1.54) is 10.1 Å². The maximum Gasteiger partial charge on any atom is 0.0421 e. The first-order valence-corrected chi connectivity index (χ1v) is 25.8. The molecule has 0 spiro atoms. The van der Waals surface area contributed by atoms with Gasteiger partial charge in [0.1, 0.15) is 0 Å². The first-order valence-electron chi connectivity index (χ1n) is 22.6. The average Bonchev–Trinajstić information content (AvgIpc) is 3.10. The van der Waals surface area contributed by atoms with E-state index in [1.54, 1.807) is 0 Å². The second-order valence-electron chi connectivity index (χ2n) is 24.0. The van der Waals surface area contributed by atoms with Gasteiger partial charge in [0.2, 0.25) is 0 Å². The molecular formula is C50H88N4O8S2Y28-4. The molecule has 0 saturated carbocycles. The van der Waals surface area contributed by atoms with Crippen molar-refractivity contribution in [3.63, 3.8) is 0 Å². The fourth-order valence-electron chi connectivity index (χ4n) is 11.5. The van der Waals surface area contributed by atoms with E-state index in [-0.39, 0.29) is 961 Å². The molecule has 0 bridgehead atoms. The van der Waals surface area contributed by atoms with Crippen molar-refractivity contribution in [1.82, 2.24) is 20.3 Å². The van der Waals surface area contributed by atoms with Gasteiger partial charge in [-0.1, -0.05) is 0 Å². The minimum atomic E-state index is -3.39. The van der Waals surface area contributed by atoms with E-state index in [2.05, 4.69) is 122 Å². The summed E-state index contributed by atoms with van der Waals surface area (Å²) < 4.78 is 46.6. The number of nitrogens with one attached hydrogen (secondary N) is 1. The summed E-state index contributed by atoms with van der Waals surface area (Å²) in [7, 11) is -4.51. The molecule has 0 amide bonds. The van der Waals surface area contributed by atoms with Crippen LogP contribution in [0.4, 0.5) is 0 Å². The van der Waals surface area contributed by atoms with Crippen LogP contribution in [0.5, 0.6) is 0 Å². The van der Waals surface area contributed by atoms with Gasteiger partial charge in [0.15, 0.2) is 0 Å². The van der Waals surface area contributed by atoms with Crippen molar-refractivity contribution in [3.05, 3.63) is 49.3 Å². The number of hydrogen-bond donors (Lipinski definition) is 3. The molecule has 4 saturated heterocycles. The van der Waals surface area contributed by atoms with E-state index in [0.717, 1.165) is 25.7 Å². The van der Waals surface area contributed by atoms with Crippen LogP contribution in [0.15, 0.2) is 26.3 Å². The number of hydrogen-bond acceptors (Lipinski definition) is 12. The predicted octanol–water partition coefficient (Wildman–Crippen LogP) is 9.02. The Morgan fingerprint density at radius 3 is 0.815 bits per heavy atom. The van der Waals surface area contributed by atoms with E-state index < -0.39 is 47.1 Å². The Hall–Kier alpha value is 28.9. The first kappa shape index (κ1) is 201. The fourth-order valence-corrected chi connectivity index (χ4v) is 14.0. The number of allylic oxidation sites excluding steroid dienone is 2. The largest absolute Gasteiger partial charge is 0.434 e. The fraction of sp³-hybridized carbons (Fsp3) is 0.800. The van der Waals surface area contributed by atoms with Crippen LogP contribution in [0.25, 0.3) is 0 Å². The summed E-state index contributed by atoms with van der Waals surface area (Å²) in [6.45, 7) is 46.1. The summed E-state index contributed by atoms with van der Waals surface area (Å²) in [6, 6.07) is 0. The van der Waals surface area contributed by atoms with Gasteiger partial charge in [0.25, 0.3) is 0 Å². The van der Waals surface area contributed by atoms with Crippen molar-refractivity contribution in [3.8, 4) is 0 Å². The molecule has 12 nitrogen and oxygen atoms in total. The number of Topliss-reactive ketones (excluding diaryl/α,β-unsaturated/α-hetero) is 2. The summed E-state index contributed by atoms with van der Waals surface area (Å²) >= 11 is 0. The standard InChI is InChI=1S/C14H24NO.C13H22NO.C12H22NO3S.C11H20NO3S.28Y/c1-7-12(16)8-11-9-13(2,3)15(6)14(4,5)10-11;1-6-11(15)7-10-8-12(2,3)14-13(4,5)9-10;1-6-17(15,16)9-10-7-11(2,3)13(14)12(4,5)8-10;1-6-16(14,15)9-7-10(2,3)12(13)11(4,5)8-9;;;;;;;;;;;;;;;;;;;;;;;;;;;;/h11H,1,8-10H2,2-6H3;10,14H,1,7-9H2,2-5H3;10,14H,1,7-9H2,2-5H3;9,13H,1,7-8H2,2-5H3;;;;;;;;;;;;;;;;;;;;;;;;;;;;/q4*-1;;;;;;;;;;;;;;;;;;;;;;;;;;;;. The molecule has 4 rings (SSSR count). The SMILES string of the molecule is C=[C-]C(=O)CC1CC(C)(C)N(C)C(C)(C)C1.C=[C-]C(=O)CC1CC(C)(C)NC(C)(C)C1.C=[C-]S(=O)(=O)C1CC(C)(C)N(O)C(C)(C)C1.C=[C-]S(=O)(=O)CC1CC(C)(C)N(O)C(C)(C)C1.[Y].[Y].[Y].[Y].[Y].[Y].[Y].[Y].[Y].[Y].[Y].[Y].[Y].[Y].[Y].[Y].[Y].[Y].[Y].[Y].[Y].[Y].[Y].[Y].[Y].[Y].[Y].[Y]. The number of likely N-dealkylation sites (tertiary alicyclic amines) is 1. The minimum Gasteiger partial charge on any atom is -0.434 e. The Morgan fingerprint density at radius 2 is 0.598 bits per heavy atom. The zero-order valence-corrected chi connectivity index (χ0v) is 140. The van der Waals surface area contributed by atoms with Gasteiger partial charge in [0.05, 0.1) is 0 Å². The monoisotopic (exact) mass is 3430 g/mol. The Bertz CT molecular complexity index is 1890. The van der Waals surface area contributed by atoms with Crippen molar-refractivity contribution in [2.24, 2.45) is 17.8 Å². The van der Waals surface area contributed by atoms with Gasteiger partial charge in [-0.2, -0.15) is 10.1 Å². The molecule has 0 aromatic carbocycles. The number of carbonyl (C=O) groups is 2. The number of nitrogens with zero attached hydrogens (tertiary/aromatic N) is 3. The molecule has 4 aliphatic heterocycles. The van der Waals surface area contributed by atoms with E-state index in [0.29, 0.717) is 50.4 Å². The van der Waals surface area contributed by atoms with Crippen molar-refractivity contribution >= 4 is 31.2 Å². The summed E-state index contributed by atoms with van der Waals surface area (Å²) in [5.74, 6) is 1.12. The molecule has 0 unspecified atom stereocenters. The molecule has 0 atom stereocenters. The van der Waals surface area contributed by atoms with Crippen LogP contribution in [0.3, 0.4) is 0 Å². The second kappa shape index (κ2) is 97.4. The quantitative estimate of drug-likeness (QED) is 0.133. The number of piperidine rings is 4. The van der Waals surface area contributed by atoms with Gasteiger partial charge in [-0.3, -0.25) is 48.1 Å². The van der Waals surface area contributed by atoms with Crippen LogP contribution in [-0.2, 0) is 945 Å². The smallest absolute Gasteiger partial charge is 0.0421 e. The Labute approximate surface area is 1270 Å². The number of rotatable bonds is 11. The van der Waals surface area contributed by atoms with Gasteiger partial charge in [-0.05, 0) is 211 Å². The summed E-state index contributed by atoms with van der Waals surface area (Å²) in [4.78, 5) is 25.1. The number of hydroxylamine groups is 4. The molecule has 42 heteroatoms. The first-order chi connectivity index (χ1) is 28.5. The van der Waals surface area contributed by atoms with Crippen LogP contribution in [-0.4, -0.2) is 116 Å². The Morgan fingerprint density at radius 1 is 0.380 bits per heavy atom. The molecule has 4 aliphatic rings. The minimum absolute atomic E-state index is 0. The normalized spacial score (nSPS) is 17.8. The maximum absolute atomic E-state index is 11.8. The predicted molar refractivity (Wildman–Crippen MR) is 259 cm³/mol. The Kier molecular flexibility index (Phi) is 213. The van der Waals surface area contributed by atoms with Gasteiger partial charge in [-0.25, -0.2) is 0 Å². The van der Waals surface area contributed by atoms with Crippen molar-refractivity contribution < 1.29 is 953 Å². The number of ketones is 2. The molecule has 3 N–H and O–H groups in total. The average molecular weight is 3430 g/mol. The molecule has 0 aliphatic carbocycles. The Balaban J connectivity index is -0.0000000207. The van der Waals surface area contributed by atoms with Gasteiger partial charge in [-0.15, -0.1) is 0 Å². The molecule has 0 aromatic rings. The molecule has 92 heavy (non-hydrogen) atoms. The summed E-state index contributed by atoms with van der Waals surface area (Å²) in [5, 5.41) is 30.0. The number of carbonyl (C=O) groups excluding carboxylic acids is 2. The van der Waals surface area contributed by atoms with Crippen LogP contribution in [0.2, 0.25) is 0 Å². The molecule has 456 valence electrons. The zero-order chi connectivity index (χ0) is 50.5. The van der Waals surface area contributed by atoms with Crippen molar-refractivity contribution in [2.45, 2.75) is 225 Å². The number of sulfone groups is 2. The second-order valence-corrected chi connectivity index (χ2v) is 27.9. The zero-order valence-electron chi connectivity index (χ0n) is 59.1. The van der Waals surface area contributed by atoms with E-state index in [9.17, 15) is 36.8 Å². The van der Waals surface area contributed by atoms with Gasteiger partial charge in [0, 0.05) is 991 Å². The topological polar surface area (TPSA) is 165 Å². The van der Waals surface area contributed by atoms with Crippen LogP contribution in [0, 0.1) is 40.7 Å². The molecule has 28 radical (unpaired) electrons. The van der Waals surface area contributed by atoms with E-state index in [4.69, 9.17) is 0 Å². The maximum atomic E-state index is 11.8. The van der Waals surface area contributed by atoms with Crippen LogP contribution >= 0.6 is 0 Å². The molecule has 4 fully saturated rings. The summed E-state index contributed by atoms with van der Waals surface area (Å²) in [6.07, 6.45) is 12.4. The van der Waals surface area contributed by atoms with Crippen molar-refractivity contribution in [1.29, 1.82) is 0 Å². The van der Waals surface area contributed by atoms with Gasteiger partial charge < -0.3 is 48.3 Å². The molecule has 0 aromatic heterocycles. The summed E-state index contributed by atoms with van der Waals surface area (Å²) in [5.41, 5.74) is -1.39. The van der Waals surface area contributed by atoms with Crippen molar-refractivity contribution in [2.75, 3.05) is 12.8 Å². The third kappa shape index (κ3) is 84.4. The third-order valence-corrected chi connectivity index (χ3v) is 16.6.